The van der Waals surface area contributed by atoms with Crippen molar-refractivity contribution in [2.75, 3.05) is 0 Å². The molecule has 0 bridgehead atoms. The summed E-state index contributed by atoms with van der Waals surface area (Å²) >= 11 is -0.826. The Morgan fingerprint density at radius 1 is 1.14 bits per heavy atom. The average molecular weight is 416 g/mol. The number of rotatable bonds is 2. The Bertz CT molecular complexity index is 613. The number of aromatic nitrogens is 1. The molecule has 1 N–H and O–H groups in total. The molecule has 1 aromatic carbocycles. The van der Waals surface area contributed by atoms with Crippen LogP contribution in [-0.4, -0.2) is 16.3 Å². The van der Waals surface area contributed by atoms with Gasteiger partial charge in [-0.15, -0.1) is 0 Å². The molecule has 1 heterocycles. The molecular weight excluding hydrogens is 398 g/mol. The van der Waals surface area contributed by atoms with E-state index >= 15 is 0 Å². The second-order valence-electron chi connectivity index (χ2n) is 5.53. The average Bonchev–Trinajstić information content (AvgIpc) is 2.47. The fraction of sp³-hybridized carbons (Fsp3) is 0.250. The van der Waals surface area contributed by atoms with E-state index in [9.17, 15) is 5.11 Å². The van der Waals surface area contributed by atoms with Crippen molar-refractivity contribution < 1.29 is 26.0 Å². The summed E-state index contributed by atoms with van der Waals surface area (Å²) in [5.41, 5.74) is 2.37. The first kappa shape index (κ1) is 19.4. The van der Waals surface area contributed by atoms with E-state index in [2.05, 4.69) is 30.7 Å². The van der Waals surface area contributed by atoms with Crippen molar-refractivity contribution in [2.45, 2.75) is 26.2 Å². The van der Waals surface area contributed by atoms with Gasteiger partial charge >= 0.3 is 37.9 Å². The van der Waals surface area contributed by atoms with Crippen molar-refractivity contribution in [1.82, 2.24) is 4.98 Å². The summed E-state index contributed by atoms with van der Waals surface area (Å²) in [4.78, 5) is 8.28. The Morgan fingerprint density at radius 3 is 2.27 bits per heavy atom. The molecular formula is C16H18Cl2N2OZr. The molecule has 3 nitrogen and oxygen atoms in total. The van der Waals surface area contributed by atoms with Crippen LogP contribution < -0.4 is 0 Å². The summed E-state index contributed by atoms with van der Waals surface area (Å²) in [6.07, 6.45) is 5.07. The normalized spacial score (nSPS) is 11.0. The van der Waals surface area contributed by atoms with Crippen LogP contribution in [0.4, 0.5) is 5.69 Å². The van der Waals surface area contributed by atoms with Gasteiger partial charge in [-0.05, 0) is 29.2 Å². The van der Waals surface area contributed by atoms with Crippen LogP contribution in [0.1, 0.15) is 31.9 Å². The Morgan fingerprint density at radius 2 is 1.73 bits per heavy atom. The molecule has 116 valence electrons. The third-order valence-electron chi connectivity index (χ3n) is 2.89. The predicted molar refractivity (Wildman–Crippen MR) is 90.0 cm³/mol. The van der Waals surface area contributed by atoms with Crippen molar-refractivity contribution in [2.24, 2.45) is 4.99 Å². The number of hydrogen-bond donors (Lipinski definition) is 1. The van der Waals surface area contributed by atoms with Crippen molar-refractivity contribution in [1.29, 1.82) is 0 Å². The number of aliphatic imine (C=N–C) groups is 1. The summed E-state index contributed by atoms with van der Waals surface area (Å²) in [6.45, 7) is 6.23. The number of phenolic OH excluding ortho intramolecular Hbond substituents is 1. The molecule has 0 atom stereocenters. The van der Waals surface area contributed by atoms with Crippen LogP contribution in [0, 0.1) is 0 Å². The summed E-state index contributed by atoms with van der Waals surface area (Å²) < 4.78 is 0. The third-order valence-corrected chi connectivity index (χ3v) is 2.89. The van der Waals surface area contributed by atoms with E-state index in [4.69, 9.17) is 17.0 Å². The zero-order chi connectivity index (χ0) is 16.6. The van der Waals surface area contributed by atoms with Crippen LogP contribution in [0.25, 0.3) is 0 Å². The molecule has 0 aliphatic rings. The van der Waals surface area contributed by atoms with Gasteiger partial charge in [-0.1, -0.05) is 32.9 Å². The number of benzene rings is 1. The molecule has 6 heteroatoms. The predicted octanol–water partition coefficient (Wildman–Crippen LogP) is 5.21. The van der Waals surface area contributed by atoms with Crippen LogP contribution in [-0.2, 0) is 26.3 Å². The molecule has 22 heavy (non-hydrogen) atoms. The monoisotopic (exact) mass is 414 g/mol. The molecule has 0 aliphatic carbocycles. The Hall–Kier alpha value is -0.697. The molecule has 2 rings (SSSR count). The van der Waals surface area contributed by atoms with Crippen molar-refractivity contribution in [3.63, 3.8) is 0 Å². The van der Waals surface area contributed by atoms with E-state index in [1.165, 1.54) is 0 Å². The minimum absolute atomic E-state index is 0.0927. The number of para-hydroxylation sites is 1. The Balaban J connectivity index is 0.000000745. The molecule has 1 aromatic heterocycles. The summed E-state index contributed by atoms with van der Waals surface area (Å²) in [6, 6.07) is 9.38. The van der Waals surface area contributed by atoms with Crippen LogP contribution in [0.3, 0.4) is 0 Å². The first-order valence-electron chi connectivity index (χ1n) is 6.63. The van der Waals surface area contributed by atoms with Crippen molar-refractivity contribution >= 4 is 28.9 Å². The fourth-order valence-electron chi connectivity index (χ4n) is 1.84. The van der Waals surface area contributed by atoms with E-state index in [0.29, 0.717) is 5.75 Å². The Kier molecular flexibility index (Phi) is 8.31. The van der Waals surface area contributed by atoms with Gasteiger partial charge in [-0.3, -0.25) is 9.98 Å². The number of halogens is 2. The summed E-state index contributed by atoms with van der Waals surface area (Å²) in [5, 5.41) is 10.3. The molecule has 0 spiro atoms. The van der Waals surface area contributed by atoms with Gasteiger partial charge in [0.2, 0.25) is 0 Å². The number of nitrogens with zero attached hydrogens (tertiary/aromatic N) is 2. The van der Waals surface area contributed by atoms with Crippen LogP contribution >= 0.6 is 17.0 Å². The van der Waals surface area contributed by atoms with Crippen molar-refractivity contribution in [3.8, 4) is 5.75 Å². The van der Waals surface area contributed by atoms with E-state index in [0.717, 1.165) is 16.8 Å². The van der Waals surface area contributed by atoms with Gasteiger partial charge in [-0.25, -0.2) is 0 Å². The van der Waals surface area contributed by atoms with E-state index in [-0.39, 0.29) is 5.41 Å². The third kappa shape index (κ3) is 6.20. The van der Waals surface area contributed by atoms with Crippen LogP contribution in [0.2, 0.25) is 0 Å². The minimum atomic E-state index is -0.826. The maximum atomic E-state index is 10.3. The van der Waals surface area contributed by atoms with Crippen LogP contribution in [0.15, 0.2) is 47.7 Å². The first-order valence-corrected chi connectivity index (χ1v) is 13.0. The zero-order valence-electron chi connectivity index (χ0n) is 12.7. The summed E-state index contributed by atoms with van der Waals surface area (Å²) in [5.74, 6) is 0.299. The van der Waals surface area contributed by atoms with Gasteiger partial charge in [0.1, 0.15) is 5.75 Å². The van der Waals surface area contributed by atoms with Gasteiger partial charge in [0.25, 0.3) is 0 Å². The fourth-order valence-corrected chi connectivity index (χ4v) is 1.84. The molecule has 0 radical (unpaired) electrons. The molecule has 2 aromatic rings. The number of pyridine rings is 1. The van der Waals surface area contributed by atoms with E-state index in [1.54, 1.807) is 18.6 Å². The van der Waals surface area contributed by atoms with Gasteiger partial charge < -0.3 is 5.11 Å². The van der Waals surface area contributed by atoms with Crippen LogP contribution in [0.5, 0.6) is 5.75 Å². The maximum absolute atomic E-state index is 10.3. The Labute approximate surface area is 150 Å². The van der Waals surface area contributed by atoms with E-state index in [1.807, 2.05) is 30.3 Å². The molecule has 0 aliphatic heterocycles. The zero-order valence-corrected chi connectivity index (χ0v) is 16.7. The second-order valence-corrected chi connectivity index (χ2v) is 9.26. The molecule has 0 amide bonds. The van der Waals surface area contributed by atoms with E-state index < -0.39 is 20.8 Å². The number of aromatic hydroxyl groups is 1. The quantitative estimate of drug-likeness (QED) is 0.683. The molecule has 0 unspecified atom stereocenters. The summed E-state index contributed by atoms with van der Waals surface area (Å²) in [7, 11) is 9.87. The first-order chi connectivity index (χ1) is 10.4. The molecule has 0 saturated heterocycles. The molecule has 0 fully saturated rings. The topological polar surface area (TPSA) is 45.5 Å². The van der Waals surface area contributed by atoms with Gasteiger partial charge in [0.15, 0.2) is 0 Å². The van der Waals surface area contributed by atoms with Crippen molar-refractivity contribution in [3.05, 3.63) is 53.9 Å². The number of phenols is 1. The van der Waals surface area contributed by atoms with Gasteiger partial charge in [-0.2, -0.15) is 0 Å². The van der Waals surface area contributed by atoms with Gasteiger partial charge in [0, 0.05) is 24.2 Å². The SMILES string of the molecule is CC(C)(C)c1cccc(C=Nc2ccncc2)c1O.[Cl][Zr][Cl]. The second kappa shape index (κ2) is 9.44. The number of hydrogen-bond acceptors (Lipinski definition) is 3. The van der Waals surface area contributed by atoms with Gasteiger partial charge in [0.05, 0.1) is 5.69 Å². The molecule has 0 saturated carbocycles. The standard InChI is InChI=1S/C16H18N2O.2ClH.Zr/c1-16(2,3)14-6-4-5-12(15(14)19)11-18-13-7-9-17-10-8-13;;;/h4-11,19H,1-3H3;2*1H;/q;;;+2/p-2.